The molecule has 0 radical (unpaired) electrons. The first kappa shape index (κ1) is 19.3. The molecule has 4 rings (SSSR count). The minimum atomic E-state index is -0.178. The minimum Gasteiger partial charge on any atom is -0.496 e. The number of nitrogens with zero attached hydrogens (tertiary/aromatic N) is 3. The van der Waals surface area contributed by atoms with Gasteiger partial charge in [-0.3, -0.25) is 9.59 Å². The third-order valence-corrected chi connectivity index (χ3v) is 6.02. The molecule has 150 valence electrons. The van der Waals surface area contributed by atoms with E-state index in [0.717, 1.165) is 23.4 Å². The molecule has 0 aliphatic carbocycles. The number of rotatable bonds is 4. The molecule has 0 saturated carbocycles. The molecule has 1 N–H and O–H groups in total. The van der Waals surface area contributed by atoms with Gasteiger partial charge in [-0.1, -0.05) is 12.1 Å². The number of piperidine rings is 1. The highest BCUT2D eigenvalue weighted by Gasteiger charge is 2.28. The highest BCUT2D eigenvalue weighted by atomic mass is 32.1. The number of methoxy groups -OCH3 is 1. The van der Waals surface area contributed by atoms with E-state index in [2.05, 4.69) is 15.0 Å². The van der Waals surface area contributed by atoms with Crippen molar-refractivity contribution in [3.05, 3.63) is 63.1 Å². The van der Waals surface area contributed by atoms with E-state index < -0.39 is 0 Å². The fourth-order valence-electron chi connectivity index (χ4n) is 3.75. The van der Waals surface area contributed by atoms with Crippen LogP contribution in [0.15, 0.2) is 40.6 Å². The maximum atomic E-state index is 13.0. The largest absolute Gasteiger partial charge is 0.496 e. The SMILES string of the molecule is COc1c(C)cccc1C(=O)N1CCC(c2nc(-c3nccs3)cc(=O)[nH]2)CC1. The number of aryl methyl sites for hydroxylation is 1. The Morgan fingerprint density at radius 3 is 2.79 bits per heavy atom. The number of amides is 1. The van der Waals surface area contributed by atoms with Gasteiger partial charge in [-0.05, 0) is 31.4 Å². The second-order valence-corrected chi connectivity index (χ2v) is 7.97. The van der Waals surface area contributed by atoms with Crippen LogP contribution in [0.2, 0.25) is 0 Å². The van der Waals surface area contributed by atoms with E-state index in [-0.39, 0.29) is 17.4 Å². The van der Waals surface area contributed by atoms with E-state index >= 15 is 0 Å². The molecule has 1 fully saturated rings. The van der Waals surface area contributed by atoms with Gasteiger partial charge >= 0.3 is 0 Å². The van der Waals surface area contributed by atoms with Gasteiger partial charge in [-0.15, -0.1) is 11.3 Å². The lowest BCUT2D eigenvalue weighted by molar-refractivity contribution is 0.0707. The maximum Gasteiger partial charge on any atom is 0.257 e. The van der Waals surface area contributed by atoms with Gasteiger partial charge in [0.1, 0.15) is 22.3 Å². The predicted molar refractivity (Wildman–Crippen MR) is 112 cm³/mol. The molecule has 1 amide bonds. The number of hydrogen-bond acceptors (Lipinski definition) is 6. The highest BCUT2D eigenvalue weighted by Crippen LogP contribution is 2.30. The summed E-state index contributed by atoms with van der Waals surface area (Å²) in [6, 6.07) is 7.08. The van der Waals surface area contributed by atoms with Crippen LogP contribution >= 0.6 is 11.3 Å². The lowest BCUT2D eigenvalue weighted by Crippen LogP contribution is -2.38. The summed E-state index contributed by atoms with van der Waals surface area (Å²) in [5.41, 5.74) is 1.95. The third kappa shape index (κ3) is 3.93. The van der Waals surface area contributed by atoms with Crippen LogP contribution in [-0.4, -0.2) is 46.0 Å². The second kappa shape index (κ2) is 8.16. The Bertz CT molecular complexity index is 1070. The number of carbonyl (C=O) groups is 1. The summed E-state index contributed by atoms with van der Waals surface area (Å²) in [6.45, 7) is 3.14. The summed E-state index contributed by atoms with van der Waals surface area (Å²) in [5.74, 6) is 1.37. The maximum absolute atomic E-state index is 13.0. The Labute approximate surface area is 172 Å². The van der Waals surface area contributed by atoms with Crippen LogP contribution in [0.1, 0.15) is 40.5 Å². The van der Waals surface area contributed by atoms with Crippen molar-refractivity contribution >= 4 is 17.2 Å². The monoisotopic (exact) mass is 410 g/mol. The first-order chi connectivity index (χ1) is 14.1. The van der Waals surface area contributed by atoms with Crippen molar-refractivity contribution in [3.63, 3.8) is 0 Å². The number of benzene rings is 1. The molecule has 29 heavy (non-hydrogen) atoms. The Hall–Kier alpha value is -3.00. The number of carbonyl (C=O) groups excluding carboxylic acids is 1. The fourth-order valence-corrected chi connectivity index (χ4v) is 4.35. The van der Waals surface area contributed by atoms with Gasteiger partial charge < -0.3 is 14.6 Å². The van der Waals surface area contributed by atoms with Crippen molar-refractivity contribution in [2.45, 2.75) is 25.7 Å². The van der Waals surface area contributed by atoms with Crippen molar-refractivity contribution in [3.8, 4) is 16.5 Å². The summed E-state index contributed by atoms with van der Waals surface area (Å²) in [6.07, 6.45) is 3.18. The summed E-state index contributed by atoms with van der Waals surface area (Å²) >= 11 is 1.46. The predicted octanol–water partition coefficient (Wildman–Crippen LogP) is 3.23. The van der Waals surface area contributed by atoms with Crippen molar-refractivity contribution in [1.82, 2.24) is 19.9 Å². The van der Waals surface area contributed by atoms with Gasteiger partial charge in [-0.2, -0.15) is 0 Å². The molecule has 3 aromatic rings. The number of para-hydroxylation sites is 1. The van der Waals surface area contributed by atoms with E-state index in [1.54, 1.807) is 19.4 Å². The Morgan fingerprint density at radius 1 is 1.31 bits per heavy atom. The van der Waals surface area contributed by atoms with E-state index in [0.29, 0.717) is 35.9 Å². The number of likely N-dealkylation sites (tertiary alicyclic amines) is 1. The molecule has 0 atom stereocenters. The number of hydrogen-bond donors (Lipinski definition) is 1. The van der Waals surface area contributed by atoms with Crippen molar-refractivity contribution < 1.29 is 9.53 Å². The third-order valence-electron chi connectivity index (χ3n) is 5.23. The van der Waals surface area contributed by atoms with Crippen molar-refractivity contribution in [2.24, 2.45) is 0 Å². The number of nitrogens with one attached hydrogen (secondary N) is 1. The lowest BCUT2D eigenvalue weighted by Gasteiger charge is -2.32. The Kier molecular flexibility index (Phi) is 5.44. The van der Waals surface area contributed by atoms with Gasteiger partial charge in [0.25, 0.3) is 11.5 Å². The van der Waals surface area contributed by atoms with Gasteiger partial charge in [0.05, 0.1) is 12.7 Å². The highest BCUT2D eigenvalue weighted by molar-refractivity contribution is 7.13. The topological polar surface area (TPSA) is 88.2 Å². The average Bonchev–Trinajstić information content (AvgIpc) is 3.28. The van der Waals surface area contributed by atoms with Gasteiger partial charge in [-0.25, -0.2) is 9.97 Å². The molecule has 0 bridgehead atoms. The van der Waals surface area contributed by atoms with E-state index in [4.69, 9.17) is 4.74 Å². The molecular formula is C21H22N4O3S. The second-order valence-electron chi connectivity index (χ2n) is 7.08. The summed E-state index contributed by atoms with van der Waals surface area (Å²) in [5, 5.41) is 2.60. The number of H-pyrrole nitrogens is 1. The Morgan fingerprint density at radius 2 is 2.10 bits per heavy atom. The van der Waals surface area contributed by atoms with Crippen LogP contribution in [0.3, 0.4) is 0 Å². The molecule has 0 unspecified atom stereocenters. The quantitative estimate of drug-likeness (QED) is 0.713. The molecule has 3 heterocycles. The fraction of sp³-hybridized carbons (Fsp3) is 0.333. The molecule has 2 aromatic heterocycles. The minimum absolute atomic E-state index is 0.0259. The van der Waals surface area contributed by atoms with Gasteiger partial charge in [0.15, 0.2) is 0 Å². The van der Waals surface area contributed by atoms with Crippen LogP contribution in [0.4, 0.5) is 0 Å². The molecule has 7 nitrogen and oxygen atoms in total. The zero-order chi connectivity index (χ0) is 20.4. The number of thiazole rings is 1. The molecule has 1 aliphatic heterocycles. The zero-order valence-corrected chi connectivity index (χ0v) is 17.2. The van der Waals surface area contributed by atoms with Crippen LogP contribution < -0.4 is 10.3 Å². The van der Waals surface area contributed by atoms with Gasteiger partial charge in [0.2, 0.25) is 0 Å². The van der Waals surface area contributed by atoms with Crippen LogP contribution in [0, 0.1) is 6.92 Å². The van der Waals surface area contributed by atoms with Crippen LogP contribution in [0.5, 0.6) is 5.75 Å². The van der Waals surface area contributed by atoms with Crippen LogP contribution in [0.25, 0.3) is 10.7 Å². The van der Waals surface area contributed by atoms with Crippen molar-refractivity contribution in [2.75, 3.05) is 20.2 Å². The van der Waals surface area contributed by atoms with Crippen LogP contribution in [-0.2, 0) is 0 Å². The molecule has 1 aliphatic rings. The molecule has 1 aromatic carbocycles. The van der Waals surface area contributed by atoms with E-state index in [9.17, 15) is 9.59 Å². The normalized spacial score (nSPS) is 14.8. The first-order valence-electron chi connectivity index (χ1n) is 9.51. The summed E-state index contributed by atoms with van der Waals surface area (Å²) in [4.78, 5) is 38.7. The number of aromatic nitrogens is 3. The summed E-state index contributed by atoms with van der Waals surface area (Å²) < 4.78 is 5.44. The smallest absolute Gasteiger partial charge is 0.257 e. The Balaban J connectivity index is 1.50. The summed E-state index contributed by atoms with van der Waals surface area (Å²) in [7, 11) is 1.59. The molecule has 8 heteroatoms. The molecular weight excluding hydrogens is 388 g/mol. The first-order valence-corrected chi connectivity index (χ1v) is 10.4. The molecule has 0 spiro atoms. The lowest BCUT2D eigenvalue weighted by atomic mass is 9.95. The standard InChI is InChI=1S/C21H22N4O3S/c1-13-4-3-5-15(18(13)28-2)21(27)25-9-6-14(7-10-25)19-23-16(12-17(26)24-19)20-22-8-11-29-20/h3-5,8,11-12,14H,6-7,9-10H2,1-2H3,(H,23,24,26). The van der Waals surface area contributed by atoms with Gasteiger partial charge in [0, 0.05) is 36.7 Å². The zero-order valence-electron chi connectivity index (χ0n) is 16.3. The number of aromatic amines is 1. The van der Waals surface area contributed by atoms with Crippen molar-refractivity contribution in [1.29, 1.82) is 0 Å². The van der Waals surface area contributed by atoms with E-state index in [1.165, 1.54) is 17.4 Å². The molecule has 1 saturated heterocycles. The number of ether oxygens (including phenoxy) is 1. The van der Waals surface area contributed by atoms with E-state index in [1.807, 2.05) is 29.3 Å². The average molecular weight is 410 g/mol.